The van der Waals surface area contributed by atoms with Gasteiger partial charge in [0.1, 0.15) is 10.7 Å². The van der Waals surface area contributed by atoms with Gasteiger partial charge >= 0.3 is 0 Å². The van der Waals surface area contributed by atoms with Crippen LogP contribution in [0.4, 0.5) is 0 Å². The summed E-state index contributed by atoms with van der Waals surface area (Å²) in [5, 5.41) is 11.9. The molecule has 2 aromatic carbocycles. The van der Waals surface area contributed by atoms with E-state index in [1.165, 1.54) is 24.6 Å². The Hall–Kier alpha value is -2.40. The summed E-state index contributed by atoms with van der Waals surface area (Å²) in [6.45, 7) is 2.30. The molecule has 0 bridgehead atoms. The van der Waals surface area contributed by atoms with Crippen molar-refractivity contribution in [3.63, 3.8) is 0 Å². The number of fused-ring (bicyclic) bond motifs is 1. The zero-order chi connectivity index (χ0) is 20.2. The summed E-state index contributed by atoms with van der Waals surface area (Å²) >= 11 is 1.49. The largest absolute Gasteiger partial charge is 0.342 e. The van der Waals surface area contributed by atoms with E-state index in [-0.39, 0.29) is 5.91 Å². The van der Waals surface area contributed by atoms with Gasteiger partial charge in [-0.2, -0.15) is 0 Å². The summed E-state index contributed by atoms with van der Waals surface area (Å²) in [4.78, 5) is 14.7. The molecular formula is C24H27N3OS. The van der Waals surface area contributed by atoms with Gasteiger partial charge in [0, 0.05) is 29.4 Å². The lowest BCUT2D eigenvalue weighted by Crippen LogP contribution is -2.40. The van der Waals surface area contributed by atoms with Gasteiger partial charge in [-0.05, 0) is 31.6 Å². The van der Waals surface area contributed by atoms with Crippen LogP contribution in [0, 0.1) is 5.92 Å². The molecule has 1 saturated carbocycles. The summed E-state index contributed by atoms with van der Waals surface area (Å²) in [7, 11) is 1.95. The fourth-order valence-electron chi connectivity index (χ4n) is 4.06. The summed E-state index contributed by atoms with van der Waals surface area (Å²) in [6, 6.07) is 18.7. The molecule has 150 valence electrons. The summed E-state index contributed by atoms with van der Waals surface area (Å²) in [6.07, 6.45) is 4.66. The van der Waals surface area contributed by atoms with Crippen molar-refractivity contribution in [2.24, 2.45) is 5.92 Å². The van der Waals surface area contributed by atoms with Crippen molar-refractivity contribution in [2.45, 2.75) is 43.7 Å². The number of amides is 1. The molecule has 1 aliphatic carbocycles. The van der Waals surface area contributed by atoms with Crippen LogP contribution in [0.3, 0.4) is 0 Å². The van der Waals surface area contributed by atoms with Gasteiger partial charge in [-0.25, -0.2) is 0 Å². The van der Waals surface area contributed by atoms with Gasteiger partial charge in [-0.15, -0.1) is 10.2 Å². The van der Waals surface area contributed by atoms with Gasteiger partial charge in [0.2, 0.25) is 5.91 Å². The molecule has 0 radical (unpaired) electrons. The predicted molar refractivity (Wildman–Crippen MR) is 120 cm³/mol. The summed E-state index contributed by atoms with van der Waals surface area (Å²) in [5.41, 5.74) is 1.93. The van der Waals surface area contributed by atoms with E-state index in [9.17, 15) is 4.79 Å². The van der Waals surface area contributed by atoms with E-state index in [0.717, 1.165) is 45.8 Å². The third-order valence-corrected chi connectivity index (χ3v) is 6.93. The number of carbonyl (C=O) groups is 1. The van der Waals surface area contributed by atoms with Gasteiger partial charge in [-0.1, -0.05) is 73.3 Å². The lowest BCUT2D eigenvalue weighted by molar-refractivity contribution is -0.129. The molecule has 1 heterocycles. The Morgan fingerprint density at radius 1 is 0.966 bits per heavy atom. The Morgan fingerprint density at radius 2 is 1.62 bits per heavy atom. The SMILES string of the molecule is CC1CCC(N(C)C(=O)CSc2nnc(-c3ccccc3)c3ccccc23)CC1. The highest BCUT2D eigenvalue weighted by atomic mass is 32.2. The van der Waals surface area contributed by atoms with Crippen LogP contribution in [0.25, 0.3) is 22.0 Å². The Labute approximate surface area is 176 Å². The van der Waals surface area contributed by atoms with Crippen molar-refractivity contribution in [3.05, 3.63) is 54.6 Å². The predicted octanol–water partition coefficient (Wildman–Crippen LogP) is 5.43. The summed E-state index contributed by atoms with van der Waals surface area (Å²) < 4.78 is 0. The number of benzene rings is 2. The number of thioether (sulfide) groups is 1. The van der Waals surface area contributed by atoms with E-state index >= 15 is 0 Å². The van der Waals surface area contributed by atoms with Crippen LogP contribution >= 0.6 is 11.8 Å². The standard InChI is InChI=1S/C24H27N3OS/c1-17-12-14-19(15-13-17)27(2)22(28)16-29-24-21-11-7-6-10-20(21)23(25-26-24)18-8-4-3-5-9-18/h3-11,17,19H,12-16H2,1-2H3. The van der Waals surface area contributed by atoms with E-state index < -0.39 is 0 Å². The lowest BCUT2D eigenvalue weighted by Gasteiger charge is -2.33. The van der Waals surface area contributed by atoms with Crippen molar-refractivity contribution in [2.75, 3.05) is 12.8 Å². The monoisotopic (exact) mass is 405 g/mol. The zero-order valence-corrected chi connectivity index (χ0v) is 17.9. The third-order valence-electron chi connectivity index (χ3n) is 5.96. The molecule has 5 heteroatoms. The Bertz CT molecular complexity index is 984. The molecule has 0 spiro atoms. The first-order valence-electron chi connectivity index (χ1n) is 10.3. The van der Waals surface area contributed by atoms with Crippen molar-refractivity contribution in [1.82, 2.24) is 15.1 Å². The molecule has 4 nitrogen and oxygen atoms in total. The Balaban J connectivity index is 1.51. The highest BCUT2D eigenvalue weighted by Gasteiger charge is 2.25. The summed E-state index contributed by atoms with van der Waals surface area (Å²) in [5.74, 6) is 1.35. The first-order chi connectivity index (χ1) is 14.1. The molecule has 1 aliphatic rings. The molecule has 3 aromatic rings. The normalized spacial score (nSPS) is 19.2. The number of hydrogen-bond acceptors (Lipinski definition) is 4. The van der Waals surface area contributed by atoms with E-state index in [2.05, 4.69) is 29.3 Å². The van der Waals surface area contributed by atoms with Crippen molar-refractivity contribution in [1.29, 1.82) is 0 Å². The number of nitrogens with zero attached hydrogens (tertiary/aromatic N) is 3. The molecule has 0 N–H and O–H groups in total. The molecule has 1 aromatic heterocycles. The smallest absolute Gasteiger partial charge is 0.232 e. The van der Waals surface area contributed by atoms with Gasteiger partial charge < -0.3 is 4.90 Å². The molecule has 1 fully saturated rings. The number of rotatable bonds is 5. The second-order valence-electron chi connectivity index (χ2n) is 7.97. The maximum Gasteiger partial charge on any atom is 0.232 e. The second-order valence-corrected chi connectivity index (χ2v) is 8.94. The fourth-order valence-corrected chi connectivity index (χ4v) is 4.96. The topological polar surface area (TPSA) is 46.1 Å². The van der Waals surface area contributed by atoms with E-state index in [1.807, 2.05) is 54.4 Å². The molecule has 1 amide bonds. The highest BCUT2D eigenvalue weighted by Crippen LogP contribution is 2.32. The second kappa shape index (κ2) is 8.95. The molecule has 0 aliphatic heterocycles. The maximum absolute atomic E-state index is 12.8. The number of aromatic nitrogens is 2. The van der Waals surface area contributed by atoms with Crippen LogP contribution in [-0.4, -0.2) is 39.8 Å². The van der Waals surface area contributed by atoms with Crippen LogP contribution in [0.5, 0.6) is 0 Å². The number of carbonyl (C=O) groups excluding carboxylic acids is 1. The Morgan fingerprint density at radius 3 is 2.34 bits per heavy atom. The highest BCUT2D eigenvalue weighted by molar-refractivity contribution is 8.00. The third kappa shape index (κ3) is 4.45. The minimum Gasteiger partial charge on any atom is -0.342 e. The van der Waals surface area contributed by atoms with Crippen LogP contribution in [0.15, 0.2) is 59.6 Å². The first-order valence-corrected chi connectivity index (χ1v) is 11.3. The lowest BCUT2D eigenvalue weighted by atomic mass is 9.87. The van der Waals surface area contributed by atoms with Gasteiger partial charge in [-0.3, -0.25) is 4.79 Å². The van der Waals surface area contributed by atoms with E-state index in [0.29, 0.717) is 11.8 Å². The van der Waals surface area contributed by atoms with E-state index in [1.54, 1.807) is 0 Å². The quantitative estimate of drug-likeness (QED) is 0.531. The average molecular weight is 406 g/mol. The fraction of sp³-hybridized carbons (Fsp3) is 0.375. The zero-order valence-electron chi connectivity index (χ0n) is 17.0. The number of hydrogen-bond donors (Lipinski definition) is 0. The van der Waals surface area contributed by atoms with Crippen LogP contribution in [0.2, 0.25) is 0 Å². The van der Waals surface area contributed by atoms with Crippen molar-refractivity contribution >= 4 is 28.4 Å². The van der Waals surface area contributed by atoms with Gasteiger partial charge in [0.05, 0.1) is 5.75 Å². The van der Waals surface area contributed by atoms with Crippen LogP contribution in [-0.2, 0) is 4.79 Å². The molecule has 29 heavy (non-hydrogen) atoms. The minimum atomic E-state index is 0.174. The molecule has 0 saturated heterocycles. The first kappa shape index (κ1) is 19.9. The molecule has 4 rings (SSSR count). The van der Waals surface area contributed by atoms with Crippen LogP contribution in [0.1, 0.15) is 32.6 Å². The molecule has 0 atom stereocenters. The van der Waals surface area contributed by atoms with Crippen molar-refractivity contribution < 1.29 is 4.79 Å². The van der Waals surface area contributed by atoms with Crippen LogP contribution < -0.4 is 0 Å². The molecule has 0 unspecified atom stereocenters. The minimum absolute atomic E-state index is 0.174. The maximum atomic E-state index is 12.8. The average Bonchev–Trinajstić information content (AvgIpc) is 2.78. The van der Waals surface area contributed by atoms with Crippen molar-refractivity contribution in [3.8, 4) is 11.3 Å². The van der Waals surface area contributed by atoms with Gasteiger partial charge in [0.15, 0.2) is 0 Å². The van der Waals surface area contributed by atoms with Gasteiger partial charge in [0.25, 0.3) is 0 Å². The Kier molecular flexibility index (Phi) is 6.14. The molecular weight excluding hydrogens is 378 g/mol. The van der Waals surface area contributed by atoms with E-state index in [4.69, 9.17) is 0 Å².